The number of methoxy groups -OCH3 is 1. The molecule has 0 saturated carbocycles. The lowest BCUT2D eigenvalue weighted by Gasteiger charge is -2.33. The SMILES string of the molecule is COCCN1CCC(NC(C)C(=O)Nc2cccc(Cl)c2Cl)CC1. The standard InChI is InChI=1S/C17H25Cl2N3O2/c1-12(17(23)21-15-5-3-4-14(18)16(15)19)20-13-6-8-22(9-7-13)10-11-24-2/h3-5,12-13,20H,6-11H2,1-2H3,(H,21,23). The Kier molecular flexibility index (Phi) is 7.78. The lowest BCUT2D eigenvalue weighted by atomic mass is 10.0. The minimum absolute atomic E-state index is 0.110. The molecule has 1 aromatic rings. The second kappa shape index (κ2) is 9.59. The Morgan fingerprint density at radius 3 is 2.75 bits per heavy atom. The zero-order valence-corrected chi connectivity index (χ0v) is 15.7. The van der Waals surface area contributed by atoms with Crippen LogP contribution in [-0.2, 0) is 9.53 Å². The van der Waals surface area contributed by atoms with Gasteiger partial charge in [0.15, 0.2) is 0 Å². The Balaban J connectivity index is 1.79. The van der Waals surface area contributed by atoms with Gasteiger partial charge in [-0.2, -0.15) is 0 Å². The van der Waals surface area contributed by atoms with E-state index in [4.69, 9.17) is 27.9 Å². The van der Waals surface area contributed by atoms with Gasteiger partial charge in [0.1, 0.15) is 0 Å². The van der Waals surface area contributed by atoms with Gasteiger partial charge in [0.25, 0.3) is 0 Å². The second-order valence-electron chi connectivity index (χ2n) is 6.09. The summed E-state index contributed by atoms with van der Waals surface area (Å²) >= 11 is 12.1. The molecule has 0 spiro atoms. The molecule has 1 amide bonds. The Morgan fingerprint density at radius 2 is 2.08 bits per heavy atom. The third kappa shape index (κ3) is 5.60. The fourth-order valence-corrected chi connectivity index (χ4v) is 3.16. The van der Waals surface area contributed by atoms with Crippen molar-refractivity contribution in [3.05, 3.63) is 28.2 Å². The number of likely N-dealkylation sites (tertiary alicyclic amines) is 1. The van der Waals surface area contributed by atoms with E-state index in [1.54, 1.807) is 25.3 Å². The smallest absolute Gasteiger partial charge is 0.241 e. The summed E-state index contributed by atoms with van der Waals surface area (Å²) in [5, 5.41) is 7.03. The summed E-state index contributed by atoms with van der Waals surface area (Å²) in [6.07, 6.45) is 2.05. The molecule has 1 unspecified atom stereocenters. The molecule has 1 heterocycles. The van der Waals surface area contributed by atoms with Crippen LogP contribution in [0.2, 0.25) is 10.0 Å². The molecule has 1 saturated heterocycles. The van der Waals surface area contributed by atoms with E-state index in [0.717, 1.165) is 39.1 Å². The van der Waals surface area contributed by atoms with Gasteiger partial charge in [-0.05, 0) is 45.0 Å². The van der Waals surface area contributed by atoms with Crippen molar-refractivity contribution in [3.63, 3.8) is 0 Å². The van der Waals surface area contributed by atoms with Crippen molar-refractivity contribution in [3.8, 4) is 0 Å². The highest BCUT2D eigenvalue weighted by Crippen LogP contribution is 2.29. The number of amides is 1. The first-order valence-electron chi connectivity index (χ1n) is 8.23. The molecule has 0 aliphatic carbocycles. The quantitative estimate of drug-likeness (QED) is 0.771. The third-order valence-electron chi connectivity index (χ3n) is 4.29. The first kappa shape index (κ1) is 19.5. The number of piperidine rings is 1. The van der Waals surface area contributed by atoms with Crippen molar-refractivity contribution < 1.29 is 9.53 Å². The Bertz CT molecular complexity index is 549. The number of anilines is 1. The number of rotatable bonds is 7. The van der Waals surface area contributed by atoms with E-state index in [9.17, 15) is 4.79 Å². The summed E-state index contributed by atoms with van der Waals surface area (Å²) in [5.74, 6) is -0.110. The predicted octanol–water partition coefficient (Wildman–Crippen LogP) is 3.02. The zero-order valence-electron chi connectivity index (χ0n) is 14.1. The van der Waals surface area contributed by atoms with E-state index in [1.165, 1.54) is 0 Å². The van der Waals surface area contributed by atoms with Crippen molar-refractivity contribution in [2.75, 3.05) is 38.7 Å². The van der Waals surface area contributed by atoms with Gasteiger partial charge >= 0.3 is 0 Å². The van der Waals surface area contributed by atoms with Crippen LogP contribution in [0.3, 0.4) is 0 Å². The van der Waals surface area contributed by atoms with Gasteiger partial charge in [-0.3, -0.25) is 4.79 Å². The van der Waals surface area contributed by atoms with E-state index in [2.05, 4.69) is 15.5 Å². The summed E-state index contributed by atoms with van der Waals surface area (Å²) in [7, 11) is 1.72. The number of benzene rings is 1. The van der Waals surface area contributed by atoms with Gasteiger partial charge < -0.3 is 20.3 Å². The number of nitrogens with one attached hydrogen (secondary N) is 2. The monoisotopic (exact) mass is 373 g/mol. The van der Waals surface area contributed by atoms with E-state index in [-0.39, 0.29) is 11.9 Å². The normalized spacial score (nSPS) is 17.7. The summed E-state index contributed by atoms with van der Waals surface area (Å²) in [4.78, 5) is 14.7. The lowest BCUT2D eigenvalue weighted by molar-refractivity contribution is -0.118. The molecule has 0 aromatic heterocycles. The van der Waals surface area contributed by atoms with Gasteiger partial charge in [0.05, 0.1) is 28.4 Å². The largest absolute Gasteiger partial charge is 0.383 e. The predicted molar refractivity (Wildman–Crippen MR) is 99.0 cm³/mol. The summed E-state index contributed by atoms with van der Waals surface area (Å²) in [6.45, 7) is 5.64. The molecular weight excluding hydrogens is 349 g/mol. The summed E-state index contributed by atoms with van der Waals surface area (Å²) in [6, 6.07) is 5.25. The van der Waals surface area contributed by atoms with Crippen LogP contribution in [0, 0.1) is 0 Å². The van der Waals surface area contributed by atoms with Crippen molar-refractivity contribution in [2.24, 2.45) is 0 Å². The van der Waals surface area contributed by atoms with E-state index >= 15 is 0 Å². The van der Waals surface area contributed by atoms with Crippen LogP contribution in [-0.4, -0.2) is 56.2 Å². The van der Waals surface area contributed by atoms with Gasteiger partial charge in [0.2, 0.25) is 5.91 Å². The van der Waals surface area contributed by atoms with Crippen molar-refractivity contribution in [2.45, 2.75) is 31.8 Å². The molecular formula is C17H25Cl2N3O2. The zero-order chi connectivity index (χ0) is 17.5. The molecule has 5 nitrogen and oxygen atoms in total. The van der Waals surface area contributed by atoms with Gasteiger partial charge in [0, 0.05) is 19.7 Å². The van der Waals surface area contributed by atoms with Gasteiger partial charge in [-0.25, -0.2) is 0 Å². The minimum atomic E-state index is -0.296. The molecule has 0 radical (unpaired) electrons. The molecule has 1 aliphatic heterocycles. The molecule has 134 valence electrons. The van der Waals surface area contributed by atoms with Crippen molar-refractivity contribution >= 4 is 34.8 Å². The Labute approximate surface area is 153 Å². The van der Waals surface area contributed by atoms with Crippen LogP contribution < -0.4 is 10.6 Å². The molecule has 7 heteroatoms. The Hall–Kier alpha value is -0.850. The van der Waals surface area contributed by atoms with Crippen LogP contribution in [0.5, 0.6) is 0 Å². The summed E-state index contributed by atoms with van der Waals surface area (Å²) in [5.41, 5.74) is 0.539. The molecule has 1 aromatic carbocycles. The number of nitrogens with zero attached hydrogens (tertiary/aromatic N) is 1. The highest BCUT2D eigenvalue weighted by molar-refractivity contribution is 6.44. The molecule has 1 atom stereocenters. The third-order valence-corrected chi connectivity index (χ3v) is 5.11. The Morgan fingerprint density at radius 1 is 1.38 bits per heavy atom. The number of hydrogen-bond donors (Lipinski definition) is 2. The van der Waals surface area contributed by atoms with Crippen LogP contribution in [0.4, 0.5) is 5.69 Å². The molecule has 24 heavy (non-hydrogen) atoms. The topological polar surface area (TPSA) is 53.6 Å². The van der Waals surface area contributed by atoms with E-state index < -0.39 is 0 Å². The molecule has 1 fully saturated rings. The average molecular weight is 374 g/mol. The number of carbonyl (C=O) groups is 1. The highest BCUT2D eigenvalue weighted by atomic mass is 35.5. The van der Waals surface area contributed by atoms with Crippen LogP contribution in [0.1, 0.15) is 19.8 Å². The molecule has 1 aliphatic rings. The summed E-state index contributed by atoms with van der Waals surface area (Å²) < 4.78 is 5.11. The van der Waals surface area contributed by atoms with E-state index in [1.807, 2.05) is 6.92 Å². The average Bonchev–Trinajstić information content (AvgIpc) is 2.58. The fraction of sp³-hybridized carbons (Fsp3) is 0.588. The molecule has 2 N–H and O–H groups in total. The second-order valence-corrected chi connectivity index (χ2v) is 6.87. The first-order valence-corrected chi connectivity index (χ1v) is 8.99. The highest BCUT2D eigenvalue weighted by Gasteiger charge is 2.23. The fourth-order valence-electron chi connectivity index (χ4n) is 2.81. The van der Waals surface area contributed by atoms with E-state index in [0.29, 0.717) is 21.8 Å². The maximum absolute atomic E-state index is 12.4. The number of hydrogen-bond acceptors (Lipinski definition) is 4. The number of carbonyl (C=O) groups excluding carboxylic acids is 1. The lowest BCUT2D eigenvalue weighted by Crippen LogP contribution is -2.49. The van der Waals surface area contributed by atoms with Gasteiger partial charge in [-0.1, -0.05) is 29.3 Å². The van der Waals surface area contributed by atoms with Gasteiger partial charge in [-0.15, -0.1) is 0 Å². The maximum atomic E-state index is 12.4. The molecule has 2 rings (SSSR count). The number of halogens is 2. The molecule has 0 bridgehead atoms. The van der Waals surface area contributed by atoms with Crippen molar-refractivity contribution in [1.29, 1.82) is 0 Å². The maximum Gasteiger partial charge on any atom is 0.241 e. The van der Waals surface area contributed by atoms with Crippen LogP contribution in [0.15, 0.2) is 18.2 Å². The van der Waals surface area contributed by atoms with Crippen LogP contribution >= 0.6 is 23.2 Å². The number of ether oxygens (including phenoxy) is 1. The van der Waals surface area contributed by atoms with Crippen molar-refractivity contribution in [1.82, 2.24) is 10.2 Å². The minimum Gasteiger partial charge on any atom is -0.383 e. The van der Waals surface area contributed by atoms with Crippen LogP contribution in [0.25, 0.3) is 0 Å². The first-order chi connectivity index (χ1) is 11.5.